The maximum atomic E-state index is 12.7. The van der Waals surface area contributed by atoms with Crippen LogP contribution in [-0.4, -0.2) is 36.0 Å². The minimum absolute atomic E-state index is 0.170. The first kappa shape index (κ1) is 13.6. The Balaban J connectivity index is 1.76. The van der Waals surface area contributed by atoms with Crippen molar-refractivity contribution in [3.05, 3.63) is 34.9 Å². The average molecular weight is 272 g/mol. The summed E-state index contributed by atoms with van der Waals surface area (Å²) in [5, 5.41) is 3.63. The molecule has 2 unspecified atom stereocenters. The first-order valence-corrected chi connectivity index (χ1v) is 7.64. The summed E-state index contributed by atoms with van der Waals surface area (Å²) < 4.78 is 0. The summed E-state index contributed by atoms with van der Waals surface area (Å²) in [6.45, 7) is 4.10. The second-order valence-electron chi connectivity index (χ2n) is 6.56. The van der Waals surface area contributed by atoms with Gasteiger partial charge in [0, 0.05) is 30.7 Å². The number of carbonyl (C=O) groups excluding carboxylic acids is 1. The highest BCUT2D eigenvalue weighted by molar-refractivity contribution is 5.94. The molecule has 0 spiro atoms. The van der Waals surface area contributed by atoms with E-state index in [9.17, 15) is 4.79 Å². The van der Waals surface area contributed by atoms with E-state index in [1.165, 1.54) is 12.8 Å². The Bertz CT molecular complexity index is 493. The largest absolute Gasteiger partial charge is 0.339 e. The van der Waals surface area contributed by atoms with Gasteiger partial charge in [-0.05, 0) is 51.7 Å². The topological polar surface area (TPSA) is 32.3 Å². The fraction of sp³-hybridized carbons (Fsp3) is 0.588. The van der Waals surface area contributed by atoms with Gasteiger partial charge in [-0.2, -0.15) is 0 Å². The van der Waals surface area contributed by atoms with Crippen LogP contribution in [0.1, 0.15) is 47.2 Å². The molecule has 3 nitrogen and oxygen atoms in total. The summed E-state index contributed by atoms with van der Waals surface area (Å²) in [6, 6.07) is 7.74. The third-order valence-corrected chi connectivity index (χ3v) is 4.78. The van der Waals surface area contributed by atoms with Gasteiger partial charge >= 0.3 is 0 Å². The monoisotopic (exact) mass is 272 g/mol. The van der Waals surface area contributed by atoms with Crippen molar-refractivity contribution in [3.8, 4) is 0 Å². The van der Waals surface area contributed by atoms with E-state index in [0.717, 1.165) is 29.5 Å². The van der Waals surface area contributed by atoms with Crippen molar-refractivity contribution in [2.24, 2.45) is 0 Å². The maximum Gasteiger partial charge on any atom is 0.253 e. The van der Waals surface area contributed by atoms with E-state index in [2.05, 4.69) is 25.2 Å². The first-order chi connectivity index (χ1) is 9.52. The molecule has 0 aromatic heterocycles. The molecule has 2 atom stereocenters. The summed E-state index contributed by atoms with van der Waals surface area (Å²) in [5.74, 6) is 0.170. The molecule has 2 bridgehead atoms. The van der Waals surface area contributed by atoms with Gasteiger partial charge in [-0.1, -0.05) is 17.2 Å². The molecule has 108 valence electrons. The van der Waals surface area contributed by atoms with Crippen LogP contribution in [0.25, 0.3) is 0 Å². The highest BCUT2D eigenvalue weighted by Gasteiger charge is 2.36. The molecule has 1 amide bonds. The zero-order valence-corrected chi connectivity index (χ0v) is 12.6. The molecular weight excluding hydrogens is 248 g/mol. The molecule has 2 saturated heterocycles. The molecule has 2 fully saturated rings. The SMILES string of the molecule is Cc1cc(C)cc(C(=O)N(C)C2CC3CCC(C2)N3)c1. The smallest absolute Gasteiger partial charge is 0.253 e. The zero-order chi connectivity index (χ0) is 14.3. The van der Waals surface area contributed by atoms with Gasteiger partial charge in [0.2, 0.25) is 0 Å². The number of carbonyl (C=O) groups is 1. The highest BCUT2D eigenvalue weighted by Crippen LogP contribution is 2.29. The van der Waals surface area contributed by atoms with E-state index < -0.39 is 0 Å². The molecule has 3 heteroatoms. The van der Waals surface area contributed by atoms with Crippen molar-refractivity contribution in [1.82, 2.24) is 10.2 Å². The number of amides is 1. The Morgan fingerprint density at radius 1 is 1.10 bits per heavy atom. The van der Waals surface area contributed by atoms with Crippen molar-refractivity contribution in [1.29, 1.82) is 0 Å². The summed E-state index contributed by atoms with van der Waals surface area (Å²) in [4.78, 5) is 14.7. The van der Waals surface area contributed by atoms with Gasteiger partial charge in [0.25, 0.3) is 5.91 Å². The van der Waals surface area contributed by atoms with Crippen molar-refractivity contribution < 1.29 is 4.79 Å². The van der Waals surface area contributed by atoms with Crippen LogP contribution in [0.3, 0.4) is 0 Å². The van der Waals surface area contributed by atoms with Crippen LogP contribution < -0.4 is 5.32 Å². The van der Waals surface area contributed by atoms with Crippen LogP contribution >= 0.6 is 0 Å². The van der Waals surface area contributed by atoms with Crippen LogP contribution in [0.5, 0.6) is 0 Å². The van der Waals surface area contributed by atoms with Crippen LogP contribution in [-0.2, 0) is 0 Å². The Morgan fingerprint density at radius 2 is 1.65 bits per heavy atom. The van der Waals surface area contributed by atoms with Crippen molar-refractivity contribution in [2.45, 2.75) is 57.7 Å². The third kappa shape index (κ3) is 2.59. The molecule has 20 heavy (non-hydrogen) atoms. The zero-order valence-electron chi connectivity index (χ0n) is 12.6. The van der Waals surface area contributed by atoms with E-state index in [-0.39, 0.29) is 5.91 Å². The Labute approximate surface area is 121 Å². The van der Waals surface area contributed by atoms with Crippen LogP contribution in [0.2, 0.25) is 0 Å². The quantitative estimate of drug-likeness (QED) is 0.897. The lowest BCUT2D eigenvalue weighted by Crippen LogP contribution is -2.48. The fourth-order valence-corrected chi connectivity index (χ4v) is 3.81. The summed E-state index contributed by atoms with van der Waals surface area (Å²) in [5.41, 5.74) is 3.15. The van der Waals surface area contributed by atoms with Gasteiger partial charge in [-0.25, -0.2) is 0 Å². The van der Waals surface area contributed by atoms with Gasteiger partial charge in [0.15, 0.2) is 0 Å². The lowest BCUT2D eigenvalue weighted by molar-refractivity contribution is 0.0681. The number of hydrogen-bond acceptors (Lipinski definition) is 2. The Kier molecular flexibility index (Phi) is 3.55. The van der Waals surface area contributed by atoms with Gasteiger partial charge < -0.3 is 10.2 Å². The molecule has 0 radical (unpaired) electrons. The molecule has 2 heterocycles. The third-order valence-electron chi connectivity index (χ3n) is 4.78. The van der Waals surface area contributed by atoms with Gasteiger partial charge in [-0.15, -0.1) is 0 Å². The highest BCUT2D eigenvalue weighted by atomic mass is 16.2. The van der Waals surface area contributed by atoms with Crippen molar-refractivity contribution in [2.75, 3.05) is 7.05 Å². The molecule has 0 aliphatic carbocycles. The molecule has 3 rings (SSSR count). The number of nitrogens with zero attached hydrogens (tertiary/aromatic N) is 1. The second-order valence-corrected chi connectivity index (χ2v) is 6.56. The number of benzene rings is 1. The van der Waals surface area contributed by atoms with Gasteiger partial charge in [0.1, 0.15) is 0 Å². The van der Waals surface area contributed by atoms with E-state index in [4.69, 9.17) is 0 Å². The maximum absolute atomic E-state index is 12.7. The predicted molar refractivity (Wildman–Crippen MR) is 81.0 cm³/mol. The lowest BCUT2D eigenvalue weighted by Gasteiger charge is -2.35. The van der Waals surface area contributed by atoms with E-state index >= 15 is 0 Å². The lowest BCUT2D eigenvalue weighted by atomic mass is 9.97. The normalized spacial score (nSPS) is 28.4. The Morgan fingerprint density at radius 3 is 2.20 bits per heavy atom. The number of rotatable bonds is 2. The van der Waals surface area contributed by atoms with Crippen molar-refractivity contribution in [3.63, 3.8) is 0 Å². The molecule has 1 N–H and O–H groups in total. The van der Waals surface area contributed by atoms with Crippen LogP contribution in [0.15, 0.2) is 18.2 Å². The first-order valence-electron chi connectivity index (χ1n) is 7.64. The predicted octanol–water partition coefficient (Wildman–Crippen LogP) is 2.66. The van der Waals surface area contributed by atoms with E-state index in [1.807, 2.05) is 24.1 Å². The second kappa shape index (κ2) is 5.21. The summed E-state index contributed by atoms with van der Waals surface area (Å²) in [6.07, 6.45) is 4.74. The fourth-order valence-electron chi connectivity index (χ4n) is 3.81. The number of hydrogen-bond donors (Lipinski definition) is 1. The van der Waals surface area contributed by atoms with E-state index in [1.54, 1.807) is 0 Å². The molecule has 1 aromatic carbocycles. The summed E-state index contributed by atoms with van der Waals surface area (Å²) >= 11 is 0. The summed E-state index contributed by atoms with van der Waals surface area (Å²) in [7, 11) is 1.97. The minimum Gasteiger partial charge on any atom is -0.339 e. The number of aryl methyl sites for hydroxylation is 2. The standard InChI is InChI=1S/C17H24N2O/c1-11-6-12(2)8-13(7-11)17(20)19(3)16-9-14-4-5-15(10-16)18-14/h6-8,14-16,18H,4-5,9-10H2,1-3H3. The van der Waals surface area contributed by atoms with Gasteiger partial charge in [0.05, 0.1) is 0 Å². The van der Waals surface area contributed by atoms with Crippen LogP contribution in [0.4, 0.5) is 0 Å². The molecular formula is C17H24N2O. The average Bonchev–Trinajstić information content (AvgIpc) is 2.74. The van der Waals surface area contributed by atoms with Crippen LogP contribution in [0, 0.1) is 13.8 Å². The molecule has 2 aliphatic rings. The van der Waals surface area contributed by atoms with Gasteiger partial charge in [-0.3, -0.25) is 4.79 Å². The molecule has 1 aromatic rings. The molecule has 0 saturated carbocycles. The number of fused-ring (bicyclic) bond motifs is 2. The van der Waals surface area contributed by atoms with E-state index in [0.29, 0.717) is 18.1 Å². The molecule has 2 aliphatic heterocycles. The minimum atomic E-state index is 0.170. The number of nitrogens with one attached hydrogen (secondary N) is 1. The number of piperidine rings is 1. The Hall–Kier alpha value is -1.35. The van der Waals surface area contributed by atoms with Crippen molar-refractivity contribution >= 4 is 5.91 Å².